The van der Waals surface area contributed by atoms with Crippen LogP contribution in [0.15, 0.2) is 6.07 Å². The van der Waals surface area contributed by atoms with E-state index in [1.165, 1.54) is 7.11 Å². The third-order valence-electron chi connectivity index (χ3n) is 3.65. The molecule has 21 heavy (non-hydrogen) atoms. The molecule has 1 aliphatic heterocycles. The van der Waals surface area contributed by atoms with Gasteiger partial charge in [0.15, 0.2) is 7.98 Å². The van der Waals surface area contributed by atoms with Crippen LogP contribution in [0.25, 0.3) is 0 Å². The fraction of sp³-hybridized carbons (Fsp3) is 0.615. The molecule has 114 valence electrons. The Morgan fingerprint density at radius 2 is 2.24 bits per heavy atom. The first kappa shape index (κ1) is 15.6. The number of methoxy groups -OCH3 is 1. The Labute approximate surface area is 126 Å². The third kappa shape index (κ3) is 3.63. The molecule has 0 radical (unpaired) electrons. The quantitative estimate of drug-likeness (QED) is 0.588. The van der Waals surface area contributed by atoms with E-state index in [9.17, 15) is 4.79 Å². The highest BCUT2D eigenvalue weighted by atomic mass is 16.5. The van der Waals surface area contributed by atoms with E-state index in [-0.39, 0.29) is 18.1 Å². The van der Waals surface area contributed by atoms with Crippen LogP contribution in [0, 0.1) is 6.92 Å². The van der Waals surface area contributed by atoms with Crippen LogP contribution >= 0.6 is 0 Å². The standard InChI is InChI=1S/C13H22BN5O2/c1-8-5-11(18(2)3)17-13(15-8)16-9-6-10(12(20)21-4)19(14)7-9/h5,9-10H,6-7,14H2,1-4H3,(H,15,16,17)/t9-,10-/m0/s1. The minimum atomic E-state index is -0.203. The van der Waals surface area contributed by atoms with E-state index in [1.807, 2.05) is 44.8 Å². The molecule has 2 rings (SSSR count). The molecule has 2 atom stereocenters. The summed E-state index contributed by atoms with van der Waals surface area (Å²) in [6.07, 6.45) is 0.692. The molecular weight excluding hydrogens is 269 g/mol. The Morgan fingerprint density at radius 1 is 1.52 bits per heavy atom. The number of rotatable bonds is 4. The van der Waals surface area contributed by atoms with E-state index in [0.717, 1.165) is 18.1 Å². The zero-order valence-corrected chi connectivity index (χ0v) is 13.3. The van der Waals surface area contributed by atoms with E-state index in [1.54, 1.807) is 0 Å². The Morgan fingerprint density at radius 3 is 2.86 bits per heavy atom. The molecule has 0 aromatic carbocycles. The number of hydrogen-bond donors (Lipinski definition) is 1. The monoisotopic (exact) mass is 291 g/mol. The van der Waals surface area contributed by atoms with E-state index in [4.69, 9.17) is 4.74 Å². The molecule has 1 aliphatic rings. The van der Waals surface area contributed by atoms with E-state index < -0.39 is 0 Å². The van der Waals surface area contributed by atoms with Crippen LogP contribution in [0.3, 0.4) is 0 Å². The molecule has 7 nitrogen and oxygen atoms in total. The van der Waals surface area contributed by atoms with Gasteiger partial charge in [0.1, 0.15) is 11.9 Å². The van der Waals surface area contributed by atoms with Gasteiger partial charge in [0.2, 0.25) is 5.95 Å². The second-order valence-electron chi connectivity index (χ2n) is 5.64. The molecule has 0 unspecified atom stereocenters. The Bertz CT molecular complexity index is 525. The van der Waals surface area contributed by atoms with Crippen molar-refractivity contribution in [1.82, 2.24) is 14.8 Å². The van der Waals surface area contributed by atoms with Gasteiger partial charge >= 0.3 is 5.97 Å². The van der Waals surface area contributed by atoms with Crippen molar-refractivity contribution >= 4 is 25.7 Å². The number of carbonyl (C=O) groups excluding carboxylic acids is 1. The van der Waals surface area contributed by atoms with Crippen LogP contribution < -0.4 is 10.2 Å². The van der Waals surface area contributed by atoms with Crippen LogP contribution in [0.1, 0.15) is 12.1 Å². The molecule has 0 saturated carbocycles. The largest absolute Gasteiger partial charge is 0.468 e. The first-order chi connectivity index (χ1) is 9.90. The fourth-order valence-electron chi connectivity index (χ4n) is 2.54. The van der Waals surface area contributed by atoms with E-state index in [2.05, 4.69) is 15.3 Å². The minimum absolute atomic E-state index is 0.135. The number of aryl methyl sites for hydroxylation is 1. The molecular formula is C13H22BN5O2. The van der Waals surface area contributed by atoms with E-state index in [0.29, 0.717) is 12.4 Å². The predicted octanol–water partition coefficient (Wildman–Crippen LogP) is -0.573. The lowest BCUT2D eigenvalue weighted by Gasteiger charge is -2.16. The van der Waals surface area contributed by atoms with Crippen LogP contribution in [-0.2, 0) is 9.53 Å². The lowest BCUT2D eigenvalue weighted by Crippen LogP contribution is -2.34. The van der Waals surface area contributed by atoms with Crippen molar-refractivity contribution in [3.63, 3.8) is 0 Å². The highest BCUT2D eigenvalue weighted by molar-refractivity contribution is 6.06. The number of aromatic nitrogens is 2. The second-order valence-corrected chi connectivity index (χ2v) is 5.64. The first-order valence-corrected chi connectivity index (χ1v) is 6.98. The minimum Gasteiger partial charge on any atom is -0.468 e. The van der Waals surface area contributed by atoms with Gasteiger partial charge in [-0.2, -0.15) is 4.98 Å². The summed E-state index contributed by atoms with van der Waals surface area (Å²) in [5.74, 6) is 1.27. The summed E-state index contributed by atoms with van der Waals surface area (Å²) >= 11 is 0. The SMILES string of the molecule is BN1C[C@@H](Nc2nc(C)cc(N(C)C)n2)C[C@H]1C(=O)OC. The smallest absolute Gasteiger partial charge is 0.322 e. The summed E-state index contributed by atoms with van der Waals surface area (Å²) in [6, 6.07) is 1.87. The van der Waals surface area contributed by atoms with Gasteiger partial charge in [0, 0.05) is 38.4 Å². The molecule has 8 heteroatoms. The second kappa shape index (κ2) is 6.30. The number of nitrogens with one attached hydrogen (secondary N) is 1. The van der Waals surface area contributed by atoms with Gasteiger partial charge in [0.25, 0.3) is 0 Å². The van der Waals surface area contributed by atoms with Gasteiger partial charge in [0.05, 0.1) is 7.11 Å². The first-order valence-electron chi connectivity index (χ1n) is 6.98. The zero-order chi connectivity index (χ0) is 15.6. The number of nitrogens with zero attached hydrogens (tertiary/aromatic N) is 4. The zero-order valence-electron chi connectivity index (χ0n) is 13.3. The maximum Gasteiger partial charge on any atom is 0.322 e. The maximum absolute atomic E-state index is 11.7. The summed E-state index contributed by atoms with van der Waals surface area (Å²) in [7, 11) is 7.24. The number of esters is 1. The van der Waals surface area contributed by atoms with Gasteiger partial charge in [-0.3, -0.25) is 4.79 Å². The molecule has 2 heterocycles. The molecule has 1 aromatic rings. The molecule has 0 amide bonds. The van der Waals surface area contributed by atoms with Crippen molar-refractivity contribution in [3.8, 4) is 0 Å². The van der Waals surface area contributed by atoms with Crippen LogP contribution in [-0.4, -0.2) is 68.6 Å². The average Bonchev–Trinajstić information content (AvgIpc) is 2.77. The lowest BCUT2D eigenvalue weighted by molar-refractivity contribution is -0.144. The maximum atomic E-state index is 11.7. The van der Waals surface area contributed by atoms with Crippen molar-refractivity contribution < 1.29 is 9.53 Å². The molecule has 0 bridgehead atoms. The van der Waals surface area contributed by atoms with E-state index >= 15 is 0 Å². The summed E-state index contributed by atoms with van der Waals surface area (Å²) in [5, 5.41) is 3.32. The van der Waals surface area contributed by atoms with Crippen LogP contribution in [0.5, 0.6) is 0 Å². The Balaban J connectivity index is 2.08. The van der Waals surface area contributed by atoms with Gasteiger partial charge < -0.3 is 19.8 Å². The Kier molecular flexibility index (Phi) is 4.67. The highest BCUT2D eigenvalue weighted by Crippen LogP contribution is 2.20. The molecule has 0 aliphatic carbocycles. The summed E-state index contributed by atoms with van der Waals surface area (Å²) in [6.45, 7) is 2.70. The normalized spacial score (nSPS) is 22.1. The van der Waals surface area contributed by atoms with Crippen molar-refractivity contribution in [1.29, 1.82) is 0 Å². The highest BCUT2D eigenvalue weighted by Gasteiger charge is 2.35. The fourth-order valence-corrected chi connectivity index (χ4v) is 2.54. The van der Waals surface area contributed by atoms with Crippen molar-refractivity contribution in [2.24, 2.45) is 0 Å². The average molecular weight is 291 g/mol. The van der Waals surface area contributed by atoms with Crippen molar-refractivity contribution in [2.45, 2.75) is 25.4 Å². The number of anilines is 2. The van der Waals surface area contributed by atoms with Crippen molar-refractivity contribution in [3.05, 3.63) is 11.8 Å². The Hall–Kier alpha value is -1.83. The summed E-state index contributed by atoms with van der Waals surface area (Å²) in [5.41, 5.74) is 0.909. The topological polar surface area (TPSA) is 70.6 Å². The van der Waals surface area contributed by atoms with Crippen LogP contribution in [0.4, 0.5) is 11.8 Å². The van der Waals surface area contributed by atoms with Crippen LogP contribution in [0.2, 0.25) is 0 Å². The van der Waals surface area contributed by atoms with Gasteiger partial charge in [-0.1, -0.05) is 0 Å². The third-order valence-corrected chi connectivity index (χ3v) is 3.65. The molecule has 0 spiro atoms. The lowest BCUT2D eigenvalue weighted by atomic mass is 10.1. The van der Waals surface area contributed by atoms with Gasteiger partial charge in [-0.25, -0.2) is 4.98 Å². The molecule has 1 N–H and O–H groups in total. The number of ether oxygens (including phenoxy) is 1. The van der Waals surface area contributed by atoms with Gasteiger partial charge in [-0.15, -0.1) is 0 Å². The van der Waals surface area contributed by atoms with Crippen molar-refractivity contribution in [2.75, 3.05) is 38.0 Å². The summed E-state index contributed by atoms with van der Waals surface area (Å²) in [4.78, 5) is 24.5. The molecule has 1 aromatic heterocycles. The number of carbonyl (C=O) groups is 1. The molecule has 1 fully saturated rings. The molecule has 1 saturated heterocycles. The number of hydrogen-bond acceptors (Lipinski definition) is 7. The summed E-state index contributed by atoms with van der Waals surface area (Å²) < 4.78 is 4.83. The van der Waals surface area contributed by atoms with Gasteiger partial charge in [-0.05, 0) is 13.3 Å². The predicted molar refractivity (Wildman–Crippen MR) is 84.2 cm³/mol.